The van der Waals surface area contributed by atoms with E-state index in [9.17, 15) is 13.2 Å². The summed E-state index contributed by atoms with van der Waals surface area (Å²) >= 11 is 1.28. The average molecular weight is 405 g/mol. The molecule has 1 atom stereocenters. The highest BCUT2D eigenvalue weighted by Crippen LogP contribution is 2.24. The molecule has 2 aromatic rings. The van der Waals surface area contributed by atoms with Crippen molar-refractivity contribution in [2.24, 2.45) is 0 Å². The molecule has 3 rings (SSSR count). The predicted molar refractivity (Wildman–Crippen MR) is 105 cm³/mol. The van der Waals surface area contributed by atoms with Crippen LogP contribution in [0.4, 0.5) is 10.7 Å². The summed E-state index contributed by atoms with van der Waals surface area (Å²) < 4.78 is 26.8. The lowest BCUT2D eigenvalue weighted by Crippen LogP contribution is -2.32. The van der Waals surface area contributed by atoms with Crippen molar-refractivity contribution < 1.29 is 13.2 Å². The number of benzene rings is 1. The Morgan fingerprint density at radius 3 is 2.74 bits per heavy atom. The van der Waals surface area contributed by atoms with Crippen molar-refractivity contribution in [2.45, 2.75) is 30.7 Å². The van der Waals surface area contributed by atoms with Gasteiger partial charge in [0.15, 0.2) is 0 Å². The highest BCUT2D eigenvalue weighted by Gasteiger charge is 2.27. The van der Waals surface area contributed by atoms with Gasteiger partial charge in [0.2, 0.25) is 15.9 Å². The van der Waals surface area contributed by atoms with Crippen molar-refractivity contribution in [2.75, 3.05) is 23.7 Å². The van der Waals surface area contributed by atoms with Gasteiger partial charge in [0.1, 0.15) is 17.1 Å². The number of nitrogens with one attached hydrogen (secondary N) is 2. The van der Waals surface area contributed by atoms with Crippen LogP contribution < -0.4 is 10.6 Å². The van der Waals surface area contributed by atoms with Crippen LogP contribution in [0.2, 0.25) is 0 Å². The number of nitriles is 1. The summed E-state index contributed by atoms with van der Waals surface area (Å²) in [4.78, 5) is 12.6. The number of hydrogen-bond acceptors (Lipinski definition) is 6. The number of hydrogen-bond donors (Lipinski definition) is 2. The van der Waals surface area contributed by atoms with Crippen LogP contribution in [0.1, 0.15) is 25.3 Å². The van der Waals surface area contributed by atoms with E-state index in [4.69, 9.17) is 5.26 Å². The van der Waals surface area contributed by atoms with Crippen molar-refractivity contribution in [1.29, 1.82) is 5.26 Å². The van der Waals surface area contributed by atoms with Crippen LogP contribution in [0.25, 0.3) is 0 Å². The van der Waals surface area contributed by atoms with Crippen molar-refractivity contribution in [1.82, 2.24) is 4.31 Å². The Labute approximate surface area is 162 Å². The van der Waals surface area contributed by atoms with Gasteiger partial charge in [-0.2, -0.15) is 9.57 Å². The van der Waals surface area contributed by atoms with Crippen LogP contribution in [0.15, 0.2) is 40.6 Å². The van der Waals surface area contributed by atoms with Gasteiger partial charge in [0, 0.05) is 18.8 Å². The Kier molecular flexibility index (Phi) is 5.79. The van der Waals surface area contributed by atoms with Crippen LogP contribution >= 0.6 is 11.3 Å². The summed E-state index contributed by atoms with van der Waals surface area (Å²) in [6, 6.07) is 9.55. The van der Waals surface area contributed by atoms with Crippen LogP contribution in [-0.4, -0.2) is 37.8 Å². The zero-order valence-corrected chi connectivity index (χ0v) is 16.4. The number of sulfonamides is 1. The van der Waals surface area contributed by atoms with E-state index in [1.54, 1.807) is 42.6 Å². The standard InChI is InChI=1S/C18H20N4O3S2/c1-13(17(23)21-18-14(12-19)7-10-26-18)20-15-5-4-6-16(11-15)27(24,25)22-8-2-3-9-22/h4-7,10-11,13,20H,2-3,8-9H2,1H3,(H,21,23)/t13-/m1/s1. The Morgan fingerprint density at radius 1 is 1.30 bits per heavy atom. The maximum Gasteiger partial charge on any atom is 0.247 e. The Morgan fingerprint density at radius 2 is 2.04 bits per heavy atom. The zero-order chi connectivity index (χ0) is 19.4. The van der Waals surface area contributed by atoms with Crippen molar-refractivity contribution >= 4 is 38.0 Å². The lowest BCUT2D eigenvalue weighted by molar-refractivity contribution is -0.116. The first-order chi connectivity index (χ1) is 12.9. The van der Waals surface area contributed by atoms with Gasteiger partial charge in [0.05, 0.1) is 10.5 Å². The molecule has 0 unspecified atom stereocenters. The Hall–Kier alpha value is -2.41. The smallest absolute Gasteiger partial charge is 0.247 e. The molecule has 1 saturated heterocycles. The second kappa shape index (κ2) is 8.08. The fourth-order valence-electron chi connectivity index (χ4n) is 2.85. The predicted octanol–water partition coefficient (Wildman–Crippen LogP) is 2.84. The summed E-state index contributed by atoms with van der Waals surface area (Å²) in [5.41, 5.74) is 0.962. The Balaban J connectivity index is 1.70. The molecule has 1 fully saturated rings. The molecule has 1 aliphatic rings. The second-order valence-electron chi connectivity index (χ2n) is 6.27. The number of anilines is 2. The molecule has 0 bridgehead atoms. The topological polar surface area (TPSA) is 102 Å². The number of carbonyl (C=O) groups is 1. The van der Waals surface area contributed by atoms with Gasteiger partial charge < -0.3 is 10.6 Å². The minimum atomic E-state index is -3.51. The summed E-state index contributed by atoms with van der Waals surface area (Å²) in [6.45, 7) is 2.76. The molecular formula is C18H20N4O3S2. The van der Waals surface area contributed by atoms with Gasteiger partial charge in [-0.3, -0.25) is 4.79 Å². The molecule has 9 heteroatoms. The number of thiophene rings is 1. The molecule has 27 heavy (non-hydrogen) atoms. The summed E-state index contributed by atoms with van der Waals surface area (Å²) in [7, 11) is -3.51. The van der Waals surface area contributed by atoms with Crippen molar-refractivity contribution in [3.05, 3.63) is 41.3 Å². The monoisotopic (exact) mass is 404 g/mol. The van der Waals surface area contributed by atoms with Crippen LogP contribution in [0.3, 0.4) is 0 Å². The van der Waals surface area contributed by atoms with E-state index in [-0.39, 0.29) is 10.8 Å². The first-order valence-electron chi connectivity index (χ1n) is 8.57. The highest BCUT2D eigenvalue weighted by molar-refractivity contribution is 7.89. The fourth-order valence-corrected chi connectivity index (χ4v) is 5.16. The third kappa shape index (κ3) is 4.30. The minimum absolute atomic E-state index is 0.215. The number of carbonyl (C=O) groups excluding carboxylic acids is 1. The summed E-state index contributed by atoms with van der Waals surface area (Å²) in [5.74, 6) is -0.304. The fraction of sp³-hybridized carbons (Fsp3) is 0.333. The molecule has 0 aliphatic carbocycles. The third-order valence-electron chi connectivity index (χ3n) is 4.34. The minimum Gasteiger partial charge on any atom is -0.374 e. The molecule has 7 nitrogen and oxygen atoms in total. The molecular weight excluding hydrogens is 384 g/mol. The summed E-state index contributed by atoms with van der Waals surface area (Å²) in [5, 5.41) is 17.0. The molecule has 1 aliphatic heterocycles. The Bertz CT molecular complexity index is 972. The summed E-state index contributed by atoms with van der Waals surface area (Å²) in [6.07, 6.45) is 1.75. The van der Waals surface area contributed by atoms with Gasteiger partial charge >= 0.3 is 0 Å². The largest absolute Gasteiger partial charge is 0.374 e. The van der Waals surface area contributed by atoms with Gasteiger partial charge in [0.25, 0.3) is 0 Å². The SMILES string of the molecule is C[C@@H](Nc1cccc(S(=O)(=O)N2CCCC2)c1)C(=O)Nc1sccc1C#N. The first kappa shape index (κ1) is 19.4. The molecule has 1 aromatic carbocycles. The molecule has 1 aromatic heterocycles. The van der Waals surface area contributed by atoms with Gasteiger partial charge in [-0.1, -0.05) is 6.07 Å². The highest BCUT2D eigenvalue weighted by atomic mass is 32.2. The molecule has 1 amide bonds. The van der Waals surface area contributed by atoms with Gasteiger partial charge in [-0.25, -0.2) is 8.42 Å². The number of amides is 1. The molecule has 2 N–H and O–H groups in total. The van der Waals surface area contributed by atoms with E-state index in [0.29, 0.717) is 29.3 Å². The maximum atomic E-state index is 12.7. The molecule has 0 saturated carbocycles. The van der Waals surface area contributed by atoms with Crippen LogP contribution in [0.5, 0.6) is 0 Å². The lowest BCUT2D eigenvalue weighted by Gasteiger charge is -2.18. The van der Waals surface area contributed by atoms with Crippen molar-refractivity contribution in [3.8, 4) is 6.07 Å². The van der Waals surface area contributed by atoms with E-state index in [0.717, 1.165) is 12.8 Å². The molecule has 2 heterocycles. The van der Waals surface area contributed by atoms with E-state index in [1.807, 2.05) is 6.07 Å². The average Bonchev–Trinajstić information content (AvgIpc) is 3.34. The van der Waals surface area contributed by atoms with E-state index in [2.05, 4.69) is 10.6 Å². The first-order valence-corrected chi connectivity index (χ1v) is 10.9. The molecule has 142 valence electrons. The van der Waals surface area contributed by atoms with Gasteiger partial charge in [-0.05, 0) is 49.4 Å². The van der Waals surface area contributed by atoms with E-state index in [1.165, 1.54) is 15.6 Å². The lowest BCUT2D eigenvalue weighted by atomic mass is 10.2. The maximum absolute atomic E-state index is 12.7. The van der Waals surface area contributed by atoms with Gasteiger partial charge in [-0.15, -0.1) is 11.3 Å². The molecule has 0 radical (unpaired) electrons. The van der Waals surface area contributed by atoms with Crippen LogP contribution in [0, 0.1) is 11.3 Å². The van der Waals surface area contributed by atoms with Crippen LogP contribution in [-0.2, 0) is 14.8 Å². The van der Waals surface area contributed by atoms with Crippen molar-refractivity contribution in [3.63, 3.8) is 0 Å². The van der Waals surface area contributed by atoms with E-state index < -0.39 is 16.1 Å². The number of rotatable bonds is 6. The third-order valence-corrected chi connectivity index (χ3v) is 7.06. The molecule has 0 spiro atoms. The second-order valence-corrected chi connectivity index (χ2v) is 9.12. The van der Waals surface area contributed by atoms with E-state index >= 15 is 0 Å². The normalized spacial score (nSPS) is 15.9. The quantitative estimate of drug-likeness (QED) is 0.771. The number of nitrogens with zero attached hydrogens (tertiary/aromatic N) is 2. The zero-order valence-electron chi connectivity index (χ0n) is 14.8.